The summed E-state index contributed by atoms with van der Waals surface area (Å²) in [6, 6.07) is 7.48. The third-order valence-corrected chi connectivity index (χ3v) is 3.20. The zero-order chi connectivity index (χ0) is 13.7. The molecule has 2 atom stereocenters. The van der Waals surface area contributed by atoms with E-state index in [0.717, 1.165) is 19.6 Å². The molecule has 1 aromatic carbocycles. The van der Waals surface area contributed by atoms with Gasteiger partial charge in [0.05, 0.1) is 18.8 Å². The first-order chi connectivity index (χ1) is 9.16. The van der Waals surface area contributed by atoms with Crippen molar-refractivity contribution >= 4 is 11.7 Å². The molecule has 0 spiro atoms. The number of aromatic carboxylic acids is 1. The Hall–Kier alpha value is -1.59. The van der Waals surface area contributed by atoms with Crippen LogP contribution >= 0.6 is 0 Å². The van der Waals surface area contributed by atoms with E-state index >= 15 is 0 Å². The summed E-state index contributed by atoms with van der Waals surface area (Å²) in [5.41, 5.74) is 0.974. The normalized spacial score (nSPS) is 20.8. The van der Waals surface area contributed by atoms with E-state index in [0.29, 0.717) is 23.9 Å². The maximum absolute atomic E-state index is 11.1. The Labute approximate surface area is 113 Å². The summed E-state index contributed by atoms with van der Waals surface area (Å²) in [5, 5.41) is 15.8. The molecule has 0 amide bonds. The number of hydrogen-bond acceptors (Lipinski definition) is 4. The van der Waals surface area contributed by atoms with Crippen LogP contribution in [0.3, 0.4) is 0 Å². The van der Waals surface area contributed by atoms with Gasteiger partial charge >= 0.3 is 5.97 Å². The van der Waals surface area contributed by atoms with Gasteiger partial charge in [0.15, 0.2) is 0 Å². The molecule has 19 heavy (non-hydrogen) atoms. The average Bonchev–Trinajstić information content (AvgIpc) is 2.40. The molecule has 104 valence electrons. The van der Waals surface area contributed by atoms with Gasteiger partial charge in [-0.3, -0.25) is 0 Å². The van der Waals surface area contributed by atoms with Gasteiger partial charge in [0, 0.05) is 24.3 Å². The van der Waals surface area contributed by atoms with Crippen molar-refractivity contribution < 1.29 is 14.6 Å². The number of benzene rings is 1. The van der Waals surface area contributed by atoms with Crippen molar-refractivity contribution in [2.75, 3.05) is 25.1 Å². The lowest BCUT2D eigenvalue weighted by Gasteiger charge is -2.27. The summed E-state index contributed by atoms with van der Waals surface area (Å²) >= 11 is 0. The molecular weight excluding hydrogens is 244 g/mol. The fraction of sp³-hybridized carbons (Fsp3) is 0.500. The maximum atomic E-state index is 11.1. The fourth-order valence-corrected chi connectivity index (χ4v) is 2.32. The van der Waals surface area contributed by atoms with Crippen molar-refractivity contribution in [3.05, 3.63) is 29.8 Å². The zero-order valence-electron chi connectivity index (χ0n) is 11.1. The Kier molecular flexibility index (Phi) is 4.76. The third kappa shape index (κ3) is 3.94. The van der Waals surface area contributed by atoms with Crippen molar-refractivity contribution in [2.45, 2.75) is 25.4 Å². The fourth-order valence-electron chi connectivity index (χ4n) is 2.32. The molecule has 2 rings (SSSR count). The highest BCUT2D eigenvalue weighted by molar-refractivity contribution is 5.94. The van der Waals surface area contributed by atoms with E-state index < -0.39 is 5.97 Å². The van der Waals surface area contributed by atoms with E-state index in [1.165, 1.54) is 0 Å². The van der Waals surface area contributed by atoms with Crippen LogP contribution < -0.4 is 10.6 Å². The smallest absolute Gasteiger partial charge is 0.337 e. The van der Waals surface area contributed by atoms with Crippen LogP contribution in [0.5, 0.6) is 0 Å². The number of para-hydroxylation sites is 1. The van der Waals surface area contributed by atoms with E-state index in [1.54, 1.807) is 18.2 Å². The topological polar surface area (TPSA) is 70.6 Å². The second-order valence-electron chi connectivity index (χ2n) is 4.86. The van der Waals surface area contributed by atoms with Crippen molar-refractivity contribution in [3.63, 3.8) is 0 Å². The Morgan fingerprint density at radius 3 is 3.05 bits per heavy atom. The summed E-state index contributed by atoms with van der Waals surface area (Å²) in [4.78, 5) is 11.1. The van der Waals surface area contributed by atoms with Gasteiger partial charge in [-0.05, 0) is 25.5 Å². The zero-order valence-corrected chi connectivity index (χ0v) is 11.1. The minimum absolute atomic E-state index is 0.180. The molecule has 3 N–H and O–H groups in total. The van der Waals surface area contributed by atoms with Gasteiger partial charge < -0.3 is 20.5 Å². The third-order valence-electron chi connectivity index (χ3n) is 3.20. The van der Waals surface area contributed by atoms with E-state index in [1.807, 2.05) is 6.07 Å². The number of carboxylic acid groups (broad SMARTS) is 1. The van der Waals surface area contributed by atoms with Crippen LogP contribution in [0.1, 0.15) is 23.7 Å². The predicted octanol–water partition coefficient (Wildman–Crippen LogP) is 1.56. The van der Waals surface area contributed by atoms with Crippen molar-refractivity contribution in [3.8, 4) is 0 Å². The minimum atomic E-state index is -0.908. The quantitative estimate of drug-likeness (QED) is 0.753. The Balaban J connectivity index is 1.94. The maximum Gasteiger partial charge on any atom is 0.337 e. The van der Waals surface area contributed by atoms with Gasteiger partial charge in [0.1, 0.15) is 0 Å². The standard InChI is InChI=1S/C14H20N2O3/c1-10(8-11-9-19-7-6-15-11)16-13-5-3-2-4-12(13)14(17)18/h2-5,10-11,15-16H,6-9H2,1H3,(H,17,18). The average molecular weight is 264 g/mol. The molecule has 0 radical (unpaired) electrons. The van der Waals surface area contributed by atoms with Crippen molar-refractivity contribution in [1.82, 2.24) is 5.32 Å². The second-order valence-corrected chi connectivity index (χ2v) is 4.86. The SMILES string of the molecule is CC(CC1COCCN1)Nc1ccccc1C(=O)O. The molecule has 0 aromatic heterocycles. The highest BCUT2D eigenvalue weighted by Crippen LogP contribution is 2.17. The van der Waals surface area contributed by atoms with E-state index in [4.69, 9.17) is 9.84 Å². The lowest BCUT2D eigenvalue weighted by atomic mass is 10.1. The van der Waals surface area contributed by atoms with Crippen molar-refractivity contribution in [2.24, 2.45) is 0 Å². The number of anilines is 1. The highest BCUT2D eigenvalue weighted by atomic mass is 16.5. The number of carbonyl (C=O) groups is 1. The van der Waals surface area contributed by atoms with Crippen LogP contribution in [0.25, 0.3) is 0 Å². The Morgan fingerprint density at radius 2 is 2.37 bits per heavy atom. The molecule has 1 aromatic rings. The molecule has 1 aliphatic heterocycles. The van der Waals surface area contributed by atoms with Crippen LogP contribution in [0.2, 0.25) is 0 Å². The van der Waals surface area contributed by atoms with Gasteiger partial charge in [0.2, 0.25) is 0 Å². The van der Waals surface area contributed by atoms with Crippen LogP contribution in [0.15, 0.2) is 24.3 Å². The molecule has 5 heteroatoms. The Morgan fingerprint density at radius 1 is 1.58 bits per heavy atom. The van der Waals surface area contributed by atoms with Crippen LogP contribution in [-0.4, -0.2) is 42.9 Å². The predicted molar refractivity (Wildman–Crippen MR) is 73.7 cm³/mol. The van der Waals surface area contributed by atoms with Crippen LogP contribution in [0.4, 0.5) is 5.69 Å². The first-order valence-electron chi connectivity index (χ1n) is 6.57. The number of carboxylic acids is 1. The van der Waals surface area contributed by atoms with Gasteiger partial charge in [-0.15, -0.1) is 0 Å². The molecule has 1 fully saturated rings. The molecule has 0 saturated carbocycles. The van der Waals surface area contributed by atoms with Gasteiger partial charge in [-0.2, -0.15) is 0 Å². The van der Waals surface area contributed by atoms with Gasteiger partial charge in [0.25, 0.3) is 0 Å². The molecule has 2 unspecified atom stereocenters. The number of ether oxygens (including phenoxy) is 1. The molecule has 1 aliphatic rings. The molecule has 0 bridgehead atoms. The molecule has 1 saturated heterocycles. The number of rotatable bonds is 5. The van der Waals surface area contributed by atoms with E-state index in [2.05, 4.69) is 17.6 Å². The molecule has 5 nitrogen and oxygen atoms in total. The van der Waals surface area contributed by atoms with Crippen LogP contribution in [-0.2, 0) is 4.74 Å². The minimum Gasteiger partial charge on any atom is -0.478 e. The van der Waals surface area contributed by atoms with Gasteiger partial charge in [-0.1, -0.05) is 12.1 Å². The first kappa shape index (κ1) is 13.8. The number of nitrogens with one attached hydrogen (secondary N) is 2. The highest BCUT2D eigenvalue weighted by Gasteiger charge is 2.17. The largest absolute Gasteiger partial charge is 0.478 e. The van der Waals surface area contributed by atoms with E-state index in [9.17, 15) is 4.79 Å². The summed E-state index contributed by atoms with van der Waals surface area (Å²) < 4.78 is 5.41. The molecule has 0 aliphatic carbocycles. The molecular formula is C14H20N2O3. The van der Waals surface area contributed by atoms with Crippen molar-refractivity contribution in [1.29, 1.82) is 0 Å². The summed E-state index contributed by atoms with van der Waals surface area (Å²) in [6.07, 6.45) is 0.897. The summed E-state index contributed by atoms with van der Waals surface area (Å²) in [7, 11) is 0. The second kappa shape index (κ2) is 6.54. The first-order valence-corrected chi connectivity index (χ1v) is 6.57. The monoisotopic (exact) mass is 264 g/mol. The summed E-state index contributed by atoms with van der Waals surface area (Å²) in [5.74, 6) is -0.908. The van der Waals surface area contributed by atoms with Gasteiger partial charge in [-0.25, -0.2) is 4.79 Å². The van der Waals surface area contributed by atoms with E-state index in [-0.39, 0.29) is 6.04 Å². The summed E-state index contributed by atoms with van der Waals surface area (Å²) in [6.45, 7) is 4.41. The lowest BCUT2D eigenvalue weighted by molar-refractivity contribution is 0.0697. The number of morpholine rings is 1. The molecule has 1 heterocycles. The van der Waals surface area contributed by atoms with Crippen LogP contribution in [0, 0.1) is 0 Å². The number of hydrogen-bond donors (Lipinski definition) is 3. The Bertz CT molecular complexity index is 430. The lowest BCUT2D eigenvalue weighted by Crippen LogP contribution is -2.43.